The van der Waals surface area contributed by atoms with Crippen LogP contribution < -0.4 is 5.32 Å². The third-order valence-electron chi connectivity index (χ3n) is 2.16. The minimum atomic E-state index is -1.24. The Kier molecular flexibility index (Phi) is 3.19. The van der Waals surface area contributed by atoms with E-state index in [1.807, 2.05) is 6.92 Å². The van der Waals surface area contributed by atoms with Crippen LogP contribution in [0, 0.1) is 5.82 Å². The van der Waals surface area contributed by atoms with Crippen molar-refractivity contribution < 1.29 is 14.3 Å². The number of carboxylic acid groups (broad SMARTS) is 1. The number of aromatic carboxylic acids is 1. The number of hydrogen-bond acceptors (Lipinski definition) is 2. The summed E-state index contributed by atoms with van der Waals surface area (Å²) < 4.78 is 13.2. The van der Waals surface area contributed by atoms with Crippen LogP contribution in [0.5, 0.6) is 0 Å². The summed E-state index contributed by atoms with van der Waals surface area (Å²) in [6.45, 7) is 1.87. The molecular formula is C10H12FNO2. The van der Waals surface area contributed by atoms with Crippen molar-refractivity contribution in [3.8, 4) is 0 Å². The maximum Gasteiger partial charge on any atom is 0.338 e. The van der Waals surface area contributed by atoms with E-state index in [4.69, 9.17) is 5.11 Å². The van der Waals surface area contributed by atoms with Crippen molar-refractivity contribution in [3.63, 3.8) is 0 Å². The van der Waals surface area contributed by atoms with Gasteiger partial charge in [-0.05, 0) is 31.7 Å². The molecule has 1 atom stereocenters. The number of carboxylic acids is 1. The summed E-state index contributed by atoms with van der Waals surface area (Å²) in [5, 5.41) is 11.5. The molecule has 76 valence electrons. The second-order valence-electron chi connectivity index (χ2n) is 3.05. The highest BCUT2D eigenvalue weighted by atomic mass is 19.1. The summed E-state index contributed by atoms with van der Waals surface area (Å²) in [6.07, 6.45) is 0. The molecule has 0 aliphatic heterocycles. The van der Waals surface area contributed by atoms with Gasteiger partial charge < -0.3 is 10.4 Å². The fourth-order valence-electron chi connectivity index (χ4n) is 1.14. The molecule has 0 unspecified atom stereocenters. The lowest BCUT2D eigenvalue weighted by molar-refractivity contribution is 0.0692. The van der Waals surface area contributed by atoms with Crippen molar-refractivity contribution in [1.29, 1.82) is 0 Å². The standard InChI is InChI=1S/C10H12FNO2/c1-6(12-2)7-3-4-8(10(13)14)9(11)5-7/h3-6,12H,1-2H3,(H,13,14)/t6-/m0/s1. The highest BCUT2D eigenvalue weighted by Crippen LogP contribution is 2.16. The van der Waals surface area contributed by atoms with Crippen LogP contribution >= 0.6 is 0 Å². The van der Waals surface area contributed by atoms with Crippen LogP contribution in [0.2, 0.25) is 0 Å². The van der Waals surface area contributed by atoms with Gasteiger partial charge in [-0.1, -0.05) is 6.07 Å². The van der Waals surface area contributed by atoms with Crippen LogP contribution in [0.15, 0.2) is 18.2 Å². The molecule has 2 N–H and O–H groups in total. The molecule has 1 aromatic rings. The first-order valence-corrected chi connectivity index (χ1v) is 4.26. The SMILES string of the molecule is CN[C@@H](C)c1ccc(C(=O)O)c(F)c1. The molecule has 1 aromatic carbocycles. The van der Waals surface area contributed by atoms with Crippen LogP contribution in [-0.2, 0) is 0 Å². The highest BCUT2D eigenvalue weighted by molar-refractivity contribution is 5.87. The van der Waals surface area contributed by atoms with Gasteiger partial charge >= 0.3 is 5.97 Å². The molecule has 0 bridgehead atoms. The Bertz CT molecular complexity index is 352. The summed E-state index contributed by atoms with van der Waals surface area (Å²) in [5.74, 6) is -1.94. The highest BCUT2D eigenvalue weighted by Gasteiger charge is 2.12. The molecule has 0 saturated carbocycles. The molecule has 0 aliphatic carbocycles. The van der Waals surface area contributed by atoms with Crippen molar-refractivity contribution >= 4 is 5.97 Å². The van der Waals surface area contributed by atoms with Crippen molar-refractivity contribution in [3.05, 3.63) is 35.1 Å². The van der Waals surface area contributed by atoms with Crippen molar-refractivity contribution in [2.75, 3.05) is 7.05 Å². The lowest BCUT2D eigenvalue weighted by Gasteiger charge is -2.10. The number of nitrogens with one attached hydrogen (secondary N) is 1. The second-order valence-corrected chi connectivity index (χ2v) is 3.05. The largest absolute Gasteiger partial charge is 0.478 e. The fourth-order valence-corrected chi connectivity index (χ4v) is 1.14. The van der Waals surface area contributed by atoms with E-state index in [0.717, 1.165) is 5.56 Å². The molecule has 0 heterocycles. The molecule has 0 aliphatic rings. The summed E-state index contributed by atoms with van der Waals surface area (Å²) >= 11 is 0. The molecule has 14 heavy (non-hydrogen) atoms. The topological polar surface area (TPSA) is 49.3 Å². The van der Waals surface area contributed by atoms with Crippen LogP contribution in [0.3, 0.4) is 0 Å². The summed E-state index contributed by atoms with van der Waals surface area (Å²) in [4.78, 5) is 10.5. The molecule has 0 radical (unpaired) electrons. The van der Waals surface area contributed by atoms with Gasteiger partial charge in [0.1, 0.15) is 5.82 Å². The quantitative estimate of drug-likeness (QED) is 0.776. The number of halogens is 1. The van der Waals surface area contributed by atoms with Gasteiger partial charge in [0.25, 0.3) is 0 Å². The molecule has 0 fully saturated rings. The Morgan fingerprint density at radius 3 is 2.64 bits per heavy atom. The smallest absolute Gasteiger partial charge is 0.338 e. The normalized spacial score (nSPS) is 12.5. The third-order valence-corrected chi connectivity index (χ3v) is 2.16. The first-order valence-electron chi connectivity index (χ1n) is 4.26. The Labute approximate surface area is 81.6 Å². The van der Waals surface area contributed by atoms with E-state index in [1.165, 1.54) is 12.1 Å². The predicted octanol–water partition coefficient (Wildman–Crippen LogP) is 1.80. The van der Waals surface area contributed by atoms with Crippen molar-refractivity contribution in [1.82, 2.24) is 5.32 Å². The number of rotatable bonds is 3. The van der Waals surface area contributed by atoms with E-state index in [1.54, 1.807) is 13.1 Å². The van der Waals surface area contributed by atoms with Crippen LogP contribution in [-0.4, -0.2) is 18.1 Å². The van der Waals surface area contributed by atoms with Gasteiger partial charge in [-0.15, -0.1) is 0 Å². The van der Waals surface area contributed by atoms with Crippen molar-refractivity contribution in [2.45, 2.75) is 13.0 Å². The second kappa shape index (κ2) is 4.19. The van der Waals surface area contributed by atoms with E-state index in [-0.39, 0.29) is 11.6 Å². The summed E-state index contributed by atoms with van der Waals surface area (Å²) in [5.41, 5.74) is 0.437. The minimum Gasteiger partial charge on any atom is -0.478 e. The van der Waals surface area contributed by atoms with Gasteiger partial charge in [0, 0.05) is 6.04 Å². The van der Waals surface area contributed by atoms with Gasteiger partial charge in [-0.2, -0.15) is 0 Å². The lowest BCUT2D eigenvalue weighted by atomic mass is 10.1. The minimum absolute atomic E-state index is 0.00680. The Morgan fingerprint density at radius 2 is 2.21 bits per heavy atom. The molecule has 0 aromatic heterocycles. The zero-order valence-corrected chi connectivity index (χ0v) is 8.04. The van der Waals surface area contributed by atoms with Crippen LogP contribution in [0.25, 0.3) is 0 Å². The zero-order chi connectivity index (χ0) is 10.7. The van der Waals surface area contributed by atoms with Gasteiger partial charge in [0.2, 0.25) is 0 Å². The van der Waals surface area contributed by atoms with Crippen LogP contribution in [0.4, 0.5) is 4.39 Å². The van der Waals surface area contributed by atoms with Gasteiger partial charge in [0.05, 0.1) is 5.56 Å². The van der Waals surface area contributed by atoms with Gasteiger partial charge in [-0.3, -0.25) is 0 Å². The first-order chi connectivity index (χ1) is 6.56. The van der Waals surface area contributed by atoms with Gasteiger partial charge in [-0.25, -0.2) is 9.18 Å². The van der Waals surface area contributed by atoms with E-state index in [0.29, 0.717) is 0 Å². The predicted molar refractivity (Wildman–Crippen MR) is 50.8 cm³/mol. The molecule has 1 rings (SSSR count). The average molecular weight is 197 g/mol. The average Bonchev–Trinajstić information content (AvgIpc) is 2.15. The van der Waals surface area contributed by atoms with E-state index in [9.17, 15) is 9.18 Å². The van der Waals surface area contributed by atoms with E-state index >= 15 is 0 Å². The Hall–Kier alpha value is -1.42. The zero-order valence-electron chi connectivity index (χ0n) is 8.04. The van der Waals surface area contributed by atoms with Crippen LogP contribution in [0.1, 0.15) is 28.9 Å². The monoisotopic (exact) mass is 197 g/mol. The first kappa shape index (κ1) is 10.7. The molecular weight excluding hydrogens is 185 g/mol. The maximum absolute atomic E-state index is 13.2. The van der Waals surface area contributed by atoms with Gasteiger partial charge in [0.15, 0.2) is 0 Å². The molecule has 3 nitrogen and oxygen atoms in total. The number of hydrogen-bond donors (Lipinski definition) is 2. The molecule has 4 heteroatoms. The Balaban J connectivity index is 3.06. The molecule has 0 amide bonds. The third kappa shape index (κ3) is 2.09. The molecule has 0 saturated heterocycles. The van der Waals surface area contributed by atoms with E-state index in [2.05, 4.69) is 5.32 Å². The lowest BCUT2D eigenvalue weighted by Crippen LogP contribution is -2.13. The molecule has 0 spiro atoms. The van der Waals surface area contributed by atoms with E-state index < -0.39 is 11.8 Å². The fraction of sp³-hybridized carbons (Fsp3) is 0.300. The maximum atomic E-state index is 13.2. The summed E-state index contributed by atoms with van der Waals surface area (Å²) in [6, 6.07) is 4.13. The number of benzene rings is 1. The Morgan fingerprint density at radius 1 is 1.57 bits per heavy atom. The van der Waals surface area contributed by atoms with Crippen molar-refractivity contribution in [2.24, 2.45) is 0 Å². The number of carbonyl (C=O) groups is 1. The summed E-state index contributed by atoms with van der Waals surface area (Å²) in [7, 11) is 1.76.